The van der Waals surface area contributed by atoms with Gasteiger partial charge in [0.05, 0.1) is 52.3 Å². The Bertz CT molecular complexity index is 3200. The zero-order valence-corrected chi connectivity index (χ0v) is 55.3. The molecular weight excluding hydrogens is 1220 g/mol. The average molecular weight is 1320 g/mol. The first kappa shape index (κ1) is 75.1. The van der Waals surface area contributed by atoms with E-state index in [9.17, 15) is 38.4 Å². The van der Waals surface area contributed by atoms with Gasteiger partial charge in [0, 0.05) is 32.1 Å². The summed E-state index contributed by atoms with van der Waals surface area (Å²) in [6.45, 7) is 12.1. The van der Waals surface area contributed by atoms with Gasteiger partial charge in [0.1, 0.15) is 60.5 Å². The van der Waals surface area contributed by atoms with Gasteiger partial charge in [0.25, 0.3) is 11.8 Å². The number of hydrogen-bond donors (Lipinski definition) is 8. The van der Waals surface area contributed by atoms with Crippen LogP contribution < -0.4 is 47.5 Å². The minimum absolute atomic E-state index is 0.00370. The maximum absolute atomic E-state index is 13.9. The molecule has 1 aliphatic heterocycles. The van der Waals surface area contributed by atoms with E-state index in [4.69, 9.17) is 42.6 Å². The smallest absolute Gasteiger partial charge is 0.408 e. The molecule has 25 nitrogen and oxygen atoms in total. The lowest BCUT2D eigenvalue weighted by atomic mass is 9.97. The molecule has 8 N–H and O–H groups in total. The van der Waals surface area contributed by atoms with Gasteiger partial charge in [-0.2, -0.15) is 0 Å². The Morgan fingerprint density at radius 2 is 1.14 bits per heavy atom. The second-order valence-electron chi connectivity index (χ2n) is 23.9. The number of hydrazine groups is 1. The zero-order valence-electron chi connectivity index (χ0n) is 55.3. The summed E-state index contributed by atoms with van der Waals surface area (Å²) in [6.07, 6.45) is -5.17. The number of carbonyl (C=O) groups is 8. The summed E-state index contributed by atoms with van der Waals surface area (Å²) in [6, 6.07) is 39.2. The molecule has 1 unspecified atom stereocenters. The number of ether oxygens (including phenoxy) is 9. The first-order chi connectivity index (χ1) is 45.7. The maximum Gasteiger partial charge on any atom is 0.408 e. The molecule has 1 heterocycles. The van der Waals surface area contributed by atoms with E-state index in [2.05, 4.69) is 42.8 Å². The van der Waals surface area contributed by atoms with E-state index in [0.29, 0.717) is 24.9 Å². The van der Waals surface area contributed by atoms with Gasteiger partial charge < -0.3 is 74.5 Å². The van der Waals surface area contributed by atoms with Crippen LogP contribution in [0.15, 0.2) is 140 Å². The Kier molecular flexibility index (Phi) is 31.3. The molecule has 0 spiro atoms. The molecular formula is C70H92N8O17. The van der Waals surface area contributed by atoms with E-state index in [0.717, 1.165) is 22.3 Å². The quantitative estimate of drug-likeness (QED) is 0.0142. The highest BCUT2D eigenvalue weighted by atomic mass is 16.7. The molecule has 0 saturated carbocycles. The molecule has 25 heteroatoms. The van der Waals surface area contributed by atoms with Crippen LogP contribution >= 0.6 is 0 Å². The molecule has 0 radical (unpaired) electrons. The number of amides is 8. The molecule has 1 aliphatic rings. The Morgan fingerprint density at radius 3 is 1.71 bits per heavy atom. The molecule has 95 heavy (non-hydrogen) atoms. The van der Waals surface area contributed by atoms with Gasteiger partial charge in [-0.15, -0.1) is 0 Å². The molecule has 8 atom stereocenters. The van der Waals surface area contributed by atoms with Crippen molar-refractivity contribution in [1.29, 1.82) is 0 Å². The molecule has 0 aliphatic carbocycles. The van der Waals surface area contributed by atoms with Crippen molar-refractivity contribution in [2.75, 3.05) is 45.3 Å². The fraction of sp³-hybridized carbons (Fsp3) is 0.457. The lowest BCUT2D eigenvalue weighted by molar-refractivity contribution is -0.328. The number of benzene rings is 5. The Labute approximate surface area is 555 Å². The second-order valence-corrected chi connectivity index (χ2v) is 23.9. The highest BCUT2D eigenvalue weighted by Crippen LogP contribution is 2.32. The van der Waals surface area contributed by atoms with E-state index >= 15 is 0 Å². The van der Waals surface area contributed by atoms with Crippen molar-refractivity contribution in [2.45, 2.75) is 161 Å². The third kappa shape index (κ3) is 27.1. The normalized spacial score (nSPS) is 17.0. The van der Waals surface area contributed by atoms with Crippen molar-refractivity contribution in [3.05, 3.63) is 167 Å². The third-order valence-electron chi connectivity index (χ3n) is 14.6. The Morgan fingerprint density at radius 1 is 0.568 bits per heavy atom. The van der Waals surface area contributed by atoms with E-state index < -0.39 is 96.2 Å². The van der Waals surface area contributed by atoms with Crippen molar-refractivity contribution in [2.24, 2.45) is 5.92 Å². The van der Waals surface area contributed by atoms with Crippen LogP contribution in [0.4, 0.5) is 15.3 Å². The summed E-state index contributed by atoms with van der Waals surface area (Å²) in [5.74, 6) is -3.62. The molecule has 1 fully saturated rings. The first-order valence-corrected chi connectivity index (χ1v) is 31.8. The first-order valence-electron chi connectivity index (χ1n) is 31.8. The van der Waals surface area contributed by atoms with Gasteiger partial charge in [0.15, 0.2) is 6.29 Å². The van der Waals surface area contributed by atoms with E-state index in [-0.39, 0.29) is 95.3 Å². The van der Waals surface area contributed by atoms with Crippen LogP contribution in [0.1, 0.15) is 113 Å². The van der Waals surface area contributed by atoms with Crippen molar-refractivity contribution < 1.29 is 81.0 Å². The number of nitrogens with one attached hydrogen (secondary N) is 8. The summed E-state index contributed by atoms with van der Waals surface area (Å²) >= 11 is 0. The highest BCUT2D eigenvalue weighted by molar-refractivity contribution is 6.00. The standard InChI is InChI=1S/C70H92N8O17/c1-46(2)59(76-63(81)47(3)73-69(86)95-70(5,6)7)66(84)71-37-23-38-89-67-62(92-43-51-28-17-11-18-29-51)61(91-42-50-26-15-10-16-27-50)60(90-41-49-24-13-9-14-25-49)57(94-67)45-88-39-35-58(80)75-55(32-21-22-36-72-68(85)93-44-52-30-19-12-20-31-52)65(83)78-77-64(82)54-40-53(74-48(4)79)33-34-56(54)87-8/h9-20,24-31,33-34,40,46-47,55,57,59-62,67H,21-23,32,35-39,41-45H2,1-8H3,(H,71,84)(H,72,85)(H,73,86)(H,74,79)(H,75,80)(H,76,81)(H,77,82)(H,78,83)/t47-,55-,57+,59-,60+,61-,62+,67?/m0/s1. The van der Waals surface area contributed by atoms with Crippen LogP contribution in [0, 0.1) is 5.92 Å². The lowest BCUT2D eigenvalue weighted by Crippen LogP contribution is -2.62. The molecule has 0 aromatic heterocycles. The number of methoxy groups -OCH3 is 1. The van der Waals surface area contributed by atoms with Crippen LogP contribution in [0.2, 0.25) is 0 Å². The molecule has 1 saturated heterocycles. The maximum atomic E-state index is 13.9. The average Bonchev–Trinajstić information content (AvgIpc) is 0.882. The lowest BCUT2D eigenvalue weighted by Gasteiger charge is -2.46. The van der Waals surface area contributed by atoms with Crippen molar-refractivity contribution in [3.8, 4) is 5.75 Å². The second kappa shape index (κ2) is 39.7. The topological polar surface area (TPSA) is 316 Å². The highest BCUT2D eigenvalue weighted by Gasteiger charge is 2.49. The van der Waals surface area contributed by atoms with Crippen LogP contribution in [0.25, 0.3) is 0 Å². The Balaban J connectivity index is 1.16. The number of rotatable bonds is 36. The monoisotopic (exact) mass is 1320 g/mol. The largest absolute Gasteiger partial charge is 0.496 e. The number of hydrogen-bond acceptors (Lipinski definition) is 17. The summed E-state index contributed by atoms with van der Waals surface area (Å²) in [7, 11) is 1.36. The van der Waals surface area contributed by atoms with Gasteiger partial charge in [-0.1, -0.05) is 135 Å². The van der Waals surface area contributed by atoms with Crippen LogP contribution in [0.3, 0.4) is 0 Å². The minimum atomic E-state index is -1.18. The fourth-order valence-corrected chi connectivity index (χ4v) is 9.75. The molecule has 0 bridgehead atoms. The number of anilines is 1. The molecule has 514 valence electrons. The van der Waals surface area contributed by atoms with Crippen molar-refractivity contribution in [3.63, 3.8) is 0 Å². The summed E-state index contributed by atoms with van der Waals surface area (Å²) < 4.78 is 56.0. The van der Waals surface area contributed by atoms with Gasteiger partial charge >= 0.3 is 12.2 Å². The zero-order chi connectivity index (χ0) is 68.5. The molecule has 8 amide bonds. The number of carbonyl (C=O) groups excluding carboxylic acids is 8. The van der Waals surface area contributed by atoms with Crippen LogP contribution in [-0.2, 0) is 88.3 Å². The van der Waals surface area contributed by atoms with Crippen LogP contribution in [0.5, 0.6) is 5.75 Å². The van der Waals surface area contributed by atoms with Gasteiger partial charge in [-0.05, 0) is 99.7 Å². The predicted molar refractivity (Wildman–Crippen MR) is 352 cm³/mol. The summed E-state index contributed by atoms with van der Waals surface area (Å²) in [4.78, 5) is 105. The van der Waals surface area contributed by atoms with E-state index in [1.54, 1.807) is 40.7 Å². The van der Waals surface area contributed by atoms with Crippen molar-refractivity contribution in [1.82, 2.24) is 37.4 Å². The molecule has 5 aromatic rings. The predicted octanol–water partition coefficient (Wildman–Crippen LogP) is 7.46. The van der Waals surface area contributed by atoms with Crippen molar-refractivity contribution >= 4 is 53.3 Å². The van der Waals surface area contributed by atoms with E-state index in [1.807, 2.05) is 121 Å². The minimum Gasteiger partial charge on any atom is -0.496 e. The van der Waals surface area contributed by atoms with Gasteiger partial charge in [-0.25, -0.2) is 9.59 Å². The van der Waals surface area contributed by atoms with Gasteiger partial charge in [0.2, 0.25) is 23.6 Å². The Hall–Kier alpha value is -8.98. The number of alkyl carbamates (subject to hydrolysis) is 2. The summed E-state index contributed by atoms with van der Waals surface area (Å²) in [5.41, 5.74) is 7.75. The molecule has 5 aromatic carbocycles. The summed E-state index contributed by atoms with van der Waals surface area (Å²) in [5, 5.41) is 16.2. The molecule has 6 rings (SSSR count). The SMILES string of the molecule is COc1ccc(NC(C)=O)cc1C(=O)NNC(=O)[C@H](CCCCNC(=O)OCc1ccccc1)NC(=O)CCOC[C@H]1OC(OCCCNC(=O)[C@@H](NC(=O)[C@H](C)NC(=O)OC(C)(C)C)C(C)C)[C@H](OCc2ccccc2)[C@@H](OCc2ccccc2)[C@@H]1OCc1ccccc1. The number of unbranched alkanes of at least 4 members (excludes halogenated alkanes) is 1. The van der Waals surface area contributed by atoms with E-state index in [1.165, 1.54) is 33.1 Å². The fourth-order valence-electron chi connectivity index (χ4n) is 9.75. The third-order valence-corrected chi connectivity index (χ3v) is 14.6. The van der Waals surface area contributed by atoms with Gasteiger partial charge in [-0.3, -0.25) is 39.6 Å². The van der Waals surface area contributed by atoms with Crippen LogP contribution in [-0.4, -0.2) is 142 Å².